The van der Waals surface area contributed by atoms with Crippen LogP contribution in [0.2, 0.25) is 0 Å². The number of hydrogen-bond donors (Lipinski definition) is 1. The van der Waals surface area contributed by atoms with Gasteiger partial charge in [0.05, 0.1) is 0 Å². The summed E-state index contributed by atoms with van der Waals surface area (Å²) in [6.07, 6.45) is 4.98. The third kappa shape index (κ3) is 5.39. The zero-order valence-corrected chi connectivity index (χ0v) is 14.9. The van der Waals surface area contributed by atoms with E-state index >= 15 is 0 Å². The maximum atomic E-state index is 12.9. The van der Waals surface area contributed by atoms with E-state index in [1.807, 2.05) is 42.5 Å². The number of thioether (sulfide) groups is 1. The first kappa shape index (κ1) is 18.1. The molecule has 0 fully saturated rings. The van der Waals surface area contributed by atoms with Crippen LogP contribution < -0.4 is 0 Å². The molecule has 1 aromatic heterocycles. The number of aromatic nitrogens is 3. The highest BCUT2D eigenvalue weighted by Crippen LogP contribution is 2.16. The maximum absolute atomic E-state index is 12.9. The van der Waals surface area contributed by atoms with E-state index in [-0.39, 0.29) is 11.6 Å². The number of H-pyrrole nitrogens is 1. The highest BCUT2D eigenvalue weighted by molar-refractivity contribution is 7.99. The summed E-state index contributed by atoms with van der Waals surface area (Å²) in [7, 11) is 0. The fourth-order valence-corrected chi connectivity index (χ4v) is 3.06. The minimum absolute atomic E-state index is 0.0204. The fourth-order valence-electron chi connectivity index (χ4n) is 2.31. The van der Waals surface area contributed by atoms with Crippen LogP contribution >= 0.6 is 11.8 Å². The van der Waals surface area contributed by atoms with Crippen molar-refractivity contribution < 1.29 is 9.18 Å². The van der Waals surface area contributed by atoms with Crippen molar-refractivity contribution in [3.8, 4) is 0 Å². The van der Waals surface area contributed by atoms with Gasteiger partial charge in [-0.05, 0) is 42.3 Å². The van der Waals surface area contributed by atoms with E-state index in [9.17, 15) is 9.18 Å². The third-order valence-electron chi connectivity index (χ3n) is 3.66. The van der Waals surface area contributed by atoms with Crippen LogP contribution in [0.5, 0.6) is 0 Å². The maximum Gasteiger partial charge on any atom is 0.208 e. The Labute approximate surface area is 155 Å². The molecule has 0 aliphatic heterocycles. The predicted molar refractivity (Wildman–Crippen MR) is 102 cm³/mol. The van der Waals surface area contributed by atoms with E-state index < -0.39 is 0 Å². The van der Waals surface area contributed by atoms with Crippen LogP contribution in [-0.2, 0) is 0 Å². The minimum Gasteiger partial charge on any atom is -0.294 e. The second kappa shape index (κ2) is 9.10. The van der Waals surface area contributed by atoms with Crippen molar-refractivity contribution in [3.05, 3.63) is 77.4 Å². The van der Waals surface area contributed by atoms with Crippen LogP contribution in [0.1, 0.15) is 34.6 Å². The van der Waals surface area contributed by atoms with Gasteiger partial charge in [-0.15, -0.1) is 5.10 Å². The van der Waals surface area contributed by atoms with E-state index in [4.69, 9.17) is 0 Å². The zero-order valence-electron chi connectivity index (χ0n) is 14.1. The van der Waals surface area contributed by atoms with Gasteiger partial charge in [-0.1, -0.05) is 48.2 Å². The summed E-state index contributed by atoms with van der Waals surface area (Å²) in [6, 6.07) is 15.6. The van der Waals surface area contributed by atoms with Crippen molar-refractivity contribution in [1.29, 1.82) is 0 Å². The number of nitrogens with zero attached hydrogens (tertiary/aromatic N) is 2. The summed E-state index contributed by atoms with van der Waals surface area (Å²) in [5, 5.41) is 7.71. The molecule has 3 rings (SSSR count). The second-order valence-corrected chi connectivity index (χ2v) is 6.69. The van der Waals surface area contributed by atoms with Crippen molar-refractivity contribution in [1.82, 2.24) is 15.2 Å². The average Bonchev–Trinajstić information content (AvgIpc) is 3.13. The molecular weight excluding hydrogens is 349 g/mol. The van der Waals surface area contributed by atoms with Crippen LogP contribution in [0.3, 0.4) is 0 Å². The molecule has 0 saturated carbocycles. The molecule has 0 atom stereocenters. The van der Waals surface area contributed by atoms with Gasteiger partial charge in [-0.3, -0.25) is 9.89 Å². The van der Waals surface area contributed by atoms with Gasteiger partial charge in [0, 0.05) is 17.7 Å². The lowest BCUT2D eigenvalue weighted by Crippen LogP contribution is -1.99. The first-order chi connectivity index (χ1) is 12.7. The molecule has 0 unspecified atom stereocenters. The van der Waals surface area contributed by atoms with E-state index in [1.165, 1.54) is 36.0 Å². The van der Waals surface area contributed by atoms with Gasteiger partial charge in [0.1, 0.15) is 11.6 Å². The molecule has 0 aliphatic rings. The third-order valence-corrected chi connectivity index (χ3v) is 4.59. The van der Waals surface area contributed by atoms with Crippen LogP contribution in [0.25, 0.3) is 12.2 Å². The SMILES string of the molecule is O=C(CCCSc1n[nH]c(/C=C/c2ccccc2)n1)c1ccc(F)cc1. The number of aromatic amines is 1. The Morgan fingerprint density at radius 3 is 2.62 bits per heavy atom. The molecule has 132 valence electrons. The monoisotopic (exact) mass is 367 g/mol. The molecule has 1 N–H and O–H groups in total. The molecule has 6 heteroatoms. The summed E-state index contributed by atoms with van der Waals surface area (Å²) in [4.78, 5) is 16.4. The number of nitrogens with one attached hydrogen (secondary N) is 1. The lowest BCUT2D eigenvalue weighted by Gasteiger charge is -2.00. The zero-order chi connectivity index (χ0) is 18.2. The number of hydrogen-bond acceptors (Lipinski definition) is 4. The molecule has 4 nitrogen and oxygen atoms in total. The Balaban J connectivity index is 1.43. The van der Waals surface area contributed by atoms with Crippen molar-refractivity contribution in [2.24, 2.45) is 0 Å². The lowest BCUT2D eigenvalue weighted by molar-refractivity contribution is 0.0982. The van der Waals surface area contributed by atoms with Crippen LogP contribution in [-0.4, -0.2) is 26.7 Å². The number of halogens is 1. The van der Waals surface area contributed by atoms with Gasteiger partial charge in [-0.25, -0.2) is 9.37 Å². The van der Waals surface area contributed by atoms with Gasteiger partial charge < -0.3 is 0 Å². The van der Waals surface area contributed by atoms with Gasteiger partial charge in [0.2, 0.25) is 5.16 Å². The quantitative estimate of drug-likeness (QED) is 0.351. The number of ketones is 1. The van der Waals surface area contributed by atoms with E-state index in [2.05, 4.69) is 15.2 Å². The fraction of sp³-hybridized carbons (Fsp3) is 0.150. The Morgan fingerprint density at radius 2 is 1.85 bits per heavy atom. The molecule has 0 spiro atoms. The molecule has 26 heavy (non-hydrogen) atoms. The van der Waals surface area contributed by atoms with Crippen molar-refractivity contribution >= 4 is 29.7 Å². The standard InChI is InChI=1S/C20H18FN3OS/c21-17-11-9-16(10-12-17)18(25)7-4-14-26-20-22-19(23-24-20)13-8-15-5-2-1-3-6-15/h1-3,5-6,8-13H,4,7,14H2,(H,22,23,24)/b13-8+. The first-order valence-electron chi connectivity index (χ1n) is 8.28. The van der Waals surface area contributed by atoms with Crippen molar-refractivity contribution in [3.63, 3.8) is 0 Å². The summed E-state index contributed by atoms with van der Waals surface area (Å²) in [5.41, 5.74) is 1.64. The largest absolute Gasteiger partial charge is 0.294 e. The van der Waals surface area contributed by atoms with Crippen LogP contribution in [0.4, 0.5) is 4.39 Å². The summed E-state index contributed by atoms with van der Waals surface area (Å²) in [5.74, 6) is 1.12. The van der Waals surface area contributed by atoms with E-state index in [0.717, 1.165) is 11.3 Å². The van der Waals surface area contributed by atoms with Gasteiger partial charge >= 0.3 is 0 Å². The van der Waals surface area contributed by atoms with Crippen LogP contribution in [0, 0.1) is 5.82 Å². The van der Waals surface area contributed by atoms with Gasteiger partial charge in [0.25, 0.3) is 0 Å². The van der Waals surface area contributed by atoms with Gasteiger partial charge in [0.15, 0.2) is 5.78 Å². The van der Waals surface area contributed by atoms with E-state index in [0.29, 0.717) is 29.4 Å². The van der Waals surface area contributed by atoms with E-state index in [1.54, 1.807) is 0 Å². The second-order valence-electron chi connectivity index (χ2n) is 5.63. The molecule has 1 heterocycles. The average molecular weight is 367 g/mol. The lowest BCUT2D eigenvalue weighted by atomic mass is 10.1. The highest BCUT2D eigenvalue weighted by atomic mass is 32.2. The molecule has 0 bridgehead atoms. The summed E-state index contributed by atoms with van der Waals surface area (Å²) in [6.45, 7) is 0. The van der Waals surface area contributed by atoms with Gasteiger partial charge in [-0.2, -0.15) is 0 Å². The molecule has 0 radical (unpaired) electrons. The molecular formula is C20H18FN3OS. The number of benzene rings is 2. The minimum atomic E-state index is -0.334. The highest BCUT2D eigenvalue weighted by Gasteiger charge is 2.07. The molecule has 0 saturated heterocycles. The Hall–Kier alpha value is -2.73. The van der Waals surface area contributed by atoms with Crippen LogP contribution in [0.15, 0.2) is 59.8 Å². The number of carbonyl (C=O) groups is 1. The Bertz CT molecular complexity index is 876. The van der Waals surface area contributed by atoms with Crippen molar-refractivity contribution in [2.45, 2.75) is 18.0 Å². The smallest absolute Gasteiger partial charge is 0.208 e. The predicted octanol–water partition coefficient (Wildman–Crippen LogP) is 4.87. The number of rotatable bonds is 8. The summed E-state index contributed by atoms with van der Waals surface area (Å²) >= 11 is 1.50. The Kier molecular flexibility index (Phi) is 6.33. The number of Topliss-reactive ketones (excluding diaryl/α,β-unsaturated/α-hetero) is 1. The topological polar surface area (TPSA) is 58.6 Å². The summed E-state index contributed by atoms with van der Waals surface area (Å²) < 4.78 is 12.9. The molecule has 0 amide bonds. The normalized spacial score (nSPS) is 11.1. The Morgan fingerprint density at radius 1 is 1.08 bits per heavy atom. The molecule has 3 aromatic rings. The first-order valence-corrected chi connectivity index (χ1v) is 9.26. The molecule has 2 aromatic carbocycles. The molecule has 0 aliphatic carbocycles. The number of carbonyl (C=O) groups excluding carboxylic acids is 1. The van der Waals surface area contributed by atoms with Crippen molar-refractivity contribution in [2.75, 3.05) is 5.75 Å².